The average Bonchev–Trinajstić information content (AvgIpc) is 3.74. The Kier molecular flexibility index (Phi) is 9.09. The summed E-state index contributed by atoms with van der Waals surface area (Å²) in [6.45, 7) is 8.99. The van der Waals surface area contributed by atoms with E-state index in [0.717, 1.165) is 19.3 Å². The van der Waals surface area contributed by atoms with Gasteiger partial charge in [0.05, 0.1) is 77.9 Å². The topological polar surface area (TPSA) is 6.48 Å². The van der Waals surface area contributed by atoms with Crippen LogP contribution in [0.1, 0.15) is 43.0 Å². The van der Waals surface area contributed by atoms with E-state index >= 15 is 0 Å². The van der Waals surface area contributed by atoms with Crippen LogP contribution in [0.2, 0.25) is 0 Å². The van der Waals surface area contributed by atoms with Crippen LogP contribution in [-0.2, 0) is 19.3 Å². The molecule has 0 fully saturated rings. The van der Waals surface area contributed by atoms with E-state index in [2.05, 4.69) is 189 Å². The lowest BCUT2D eigenvalue weighted by atomic mass is 9.93. The summed E-state index contributed by atoms with van der Waals surface area (Å²) in [5.41, 5.74) is 12.9. The first-order valence-corrected chi connectivity index (χ1v) is 20.5. The molecule has 0 aliphatic carbocycles. The van der Waals surface area contributed by atoms with Crippen LogP contribution >= 0.6 is 68.4 Å². The van der Waals surface area contributed by atoms with Gasteiger partial charge in [0.15, 0.2) is 0 Å². The van der Waals surface area contributed by atoms with Gasteiger partial charge in [0.25, 0.3) is 0 Å². The summed E-state index contributed by atoms with van der Waals surface area (Å²) in [4.78, 5) is 0. The fourth-order valence-electron chi connectivity index (χ4n) is 7.06. The van der Waals surface area contributed by atoms with Gasteiger partial charge in [-0.3, -0.25) is 6.23 Å². The van der Waals surface area contributed by atoms with Gasteiger partial charge in [0.1, 0.15) is 0 Å². The van der Waals surface area contributed by atoms with Crippen molar-refractivity contribution in [3.05, 3.63) is 131 Å². The molecule has 0 bridgehead atoms. The number of anilines is 4. The van der Waals surface area contributed by atoms with Crippen molar-refractivity contribution in [3.8, 4) is 11.1 Å². The Morgan fingerprint density at radius 2 is 1.08 bits per heavy atom. The molecule has 0 radical (unpaired) electrons. The highest BCUT2D eigenvalue weighted by Gasteiger charge is 2.21. The van der Waals surface area contributed by atoms with Crippen molar-refractivity contribution in [2.45, 2.75) is 47.0 Å². The highest BCUT2D eigenvalue weighted by Crippen LogP contribution is 2.49. The van der Waals surface area contributed by atoms with E-state index in [1.165, 1.54) is 96.5 Å². The summed E-state index contributed by atoms with van der Waals surface area (Å²) >= 11 is 8.86. The van der Waals surface area contributed by atoms with Crippen molar-refractivity contribution in [1.29, 1.82) is 0 Å². The van der Waals surface area contributed by atoms with Gasteiger partial charge in [-0.15, -0.1) is 22.7 Å². The fourth-order valence-corrected chi connectivity index (χ4v) is 11.6. The Hall–Kier alpha value is -3.18. The lowest BCUT2D eigenvalue weighted by Gasteiger charge is -2.20. The molecule has 49 heavy (non-hydrogen) atoms. The van der Waals surface area contributed by atoms with Crippen LogP contribution in [0.4, 0.5) is 22.7 Å². The SMILES string of the molecule is CCc1ccc(N(I)c2cccc3c2sc2c(CC)ccc(-c4cc(N(I)c5cccc6c5sc5c(CC)cccc56)ccc4C)c23)cc1. The summed E-state index contributed by atoms with van der Waals surface area (Å²) in [6.07, 6.45) is 3.10. The fraction of sp³-hybridized carbons (Fsp3) is 0.163. The number of hydrogen-bond acceptors (Lipinski definition) is 4. The van der Waals surface area contributed by atoms with Gasteiger partial charge in [0.2, 0.25) is 0 Å². The van der Waals surface area contributed by atoms with E-state index in [9.17, 15) is 0 Å². The van der Waals surface area contributed by atoms with Crippen LogP contribution in [0.3, 0.4) is 0 Å². The predicted molar refractivity (Wildman–Crippen MR) is 236 cm³/mol. The lowest BCUT2D eigenvalue weighted by molar-refractivity contribution is 1.14. The largest absolute Gasteiger partial charge is 0.282 e. The van der Waals surface area contributed by atoms with Gasteiger partial charge in [-0.1, -0.05) is 93.6 Å². The molecule has 6 heteroatoms. The third kappa shape index (κ3) is 5.63. The zero-order valence-electron chi connectivity index (χ0n) is 28.0. The van der Waals surface area contributed by atoms with Crippen molar-refractivity contribution in [1.82, 2.24) is 0 Å². The lowest BCUT2D eigenvalue weighted by Crippen LogP contribution is -2.01. The van der Waals surface area contributed by atoms with Gasteiger partial charge < -0.3 is 0 Å². The van der Waals surface area contributed by atoms with Crippen LogP contribution in [0, 0.1) is 6.92 Å². The zero-order chi connectivity index (χ0) is 33.8. The molecule has 8 rings (SSSR count). The molecule has 2 heterocycles. The minimum Gasteiger partial charge on any atom is -0.282 e. The van der Waals surface area contributed by atoms with Crippen LogP contribution < -0.4 is 6.23 Å². The van der Waals surface area contributed by atoms with Gasteiger partial charge in [0, 0.05) is 30.9 Å². The molecule has 0 unspecified atom stereocenters. The molecule has 2 nitrogen and oxygen atoms in total. The highest BCUT2D eigenvalue weighted by atomic mass is 127. The molecule has 244 valence electrons. The molecule has 2 aromatic heterocycles. The molecule has 0 amide bonds. The van der Waals surface area contributed by atoms with Gasteiger partial charge in [-0.2, -0.15) is 0 Å². The molecular weight excluding hydrogens is 862 g/mol. The molecule has 0 saturated heterocycles. The molecular formula is C43H36I2N2S2. The number of aryl methyl sites for hydroxylation is 4. The van der Waals surface area contributed by atoms with Crippen LogP contribution in [-0.4, -0.2) is 0 Å². The molecule has 0 N–H and O–H groups in total. The Balaban J connectivity index is 1.27. The second kappa shape index (κ2) is 13.5. The second-order valence-corrected chi connectivity index (χ2v) is 16.5. The maximum atomic E-state index is 2.51. The maximum absolute atomic E-state index is 2.51. The summed E-state index contributed by atoms with van der Waals surface area (Å²) in [7, 11) is 0. The van der Waals surface area contributed by atoms with E-state index in [-0.39, 0.29) is 0 Å². The molecule has 0 spiro atoms. The summed E-state index contributed by atoms with van der Waals surface area (Å²) in [5, 5.41) is 5.39. The Morgan fingerprint density at radius 3 is 1.78 bits per heavy atom. The third-order valence-corrected chi connectivity index (χ3v) is 14.6. The Morgan fingerprint density at radius 1 is 0.510 bits per heavy atom. The molecule has 0 aliphatic heterocycles. The highest BCUT2D eigenvalue weighted by molar-refractivity contribution is 14.1. The predicted octanol–water partition coefficient (Wildman–Crippen LogP) is 15.1. The van der Waals surface area contributed by atoms with Crippen molar-refractivity contribution < 1.29 is 0 Å². The number of thiophene rings is 2. The first-order valence-electron chi connectivity index (χ1n) is 16.9. The summed E-state index contributed by atoms with van der Waals surface area (Å²) < 4.78 is 10.1. The van der Waals surface area contributed by atoms with E-state index in [4.69, 9.17) is 0 Å². The number of benzene rings is 6. The van der Waals surface area contributed by atoms with Gasteiger partial charge >= 0.3 is 0 Å². The van der Waals surface area contributed by atoms with Gasteiger partial charge in [-0.05, 0) is 96.0 Å². The van der Waals surface area contributed by atoms with Crippen molar-refractivity contribution in [2.75, 3.05) is 6.23 Å². The van der Waals surface area contributed by atoms with Crippen molar-refractivity contribution in [2.24, 2.45) is 0 Å². The van der Waals surface area contributed by atoms with Crippen LogP contribution in [0.15, 0.2) is 109 Å². The Labute approximate surface area is 324 Å². The number of hydrogen-bond donors (Lipinski definition) is 0. The normalized spacial score (nSPS) is 11.7. The van der Waals surface area contributed by atoms with E-state index in [1.54, 1.807) is 0 Å². The quantitative estimate of drug-likeness (QED) is 0.111. The Bertz CT molecular complexity index is 2510. The van der Waals surface area contributed by atoms with E-state index in [0.29, 0.717) is 0 Å². The third-order valence-electron chi connectivity index (χ3n) is 9.79. The number of nitrogens with zero attached hydrogens (tertiary/aromatic N) is 2. The molecule has 8 aromatic rings. The molecule has 0 saturated carbocycles. The standard InChI is InChI=1S/C43H36I2N2S2/c1-5-27-18-22-30(23-19-27)46(44)38-16-10-14-35-39-32(24-20-29(7-3)41(39)49-43(35)38)36-25-31(21-17-26(36)4)47(45)37-15-9-13-34-33-12-8-11-28(6-2)40(33)48-42(34)37/h8-25H,5-7H2,1-4H3. The molecule has 0 atom stereocenters. The van der Waals surface area contributed by atoms with E-state index in [1.807, 2.05) is 22.7 Å². The summed E-state index contributed by atoms with van der Waals surface area (Å²) in [6, 6.07) is 41.0. The number of halogens is 2. The molecule has 0 aliphatic rings. The van der Waals surface area contributed by atoms with Crippen molar-refractivity contribution >= 4 is 131 Å². The minimum atomic E-state index is 1.00. The second-order valence-electron chi connectivity index (χ2n) is 12.6. The zero-order valence-corrected chi connectivity index (χ0v) is 33.9. The minimum absolute atomic E-state index is 1.00. The van der Waals surface area contributed by atoms with E-state index < -0.39 is 0 Å². The first kappa shape index (κ1) is 33.0. The monoisotopic (exact) mass is 898 g/mol. The maximum Gasteiger partial charge on any atom is 0.0689 e. The van der Waals surface area contributed by atoms with Crippen LogP contribution in [0.25, 0.3) is 51.5 Å². The number of fused-ring (bicyclic) bond motifs is 6. The number of rotatable bonds is 8. The average molecular weight is 899 g/mol. The smallest absolute Gasteiger partial charge is 0.0689 e. The van der Waals surface area contributed by atoms with Crippen molar-refractivity contribution in [3.63, 3.8) is 0 Å². The summed E-state index contributed by atoms with van der Waals surface area (Å²) in [5.74, 6) is 0. The van der Waals surface area contributed by atoms with Crippen LogP contribution in [0.5, 0.6) is 0 Å². The molecule has 6 aromatic carbocycles. The van der Waals surface area contributed by atoms with Gasteiger partial charge in [-0.25, -0.2) is 0 Å². The first-order chi connectivity index (χ1) is 23.9.